The second kappa shape index (κ2) is 5.40. The van der Waals surface area contributed by atoms with Crippen molar-refractivity contribution in [1.82, 2.24) is 9.97 Å². The van der Waals surface area contributed by atoms with Crippen LogP contribution in [-0.4, -0.2) is 27.2 Å². The molecule has 0 spiro atoms. The van der Waals surface area contributed by atoms with Gasteiger partial charge in [0.1, 0.15) is 6.33 Å². The van der Waals surface area contributed by atoms with Gasteiger partial charge in [0, 0.05) is 0 Å². The summed E-state index contributed by atoms with van der Waals surface area (Å²) < 4.78 is 13.9. The van der Waals surface area contributed by atoms with E-state index in [1.165, 1.54) is 6.33 Å². The van der Waals surface area contributed by atoms with E-state index in [4.69, 9.17) is 0 Å². The largest absolute Gasteiger partial charge is 0.391 e. The van der Waals surface area contributed by atoms with Crippen molar-refractivity contribution in [2.45, 2.75) is 51.2 Å². The third-order valence-corrected chi connectivity index (χ3v) is 3.25. The summed E-state index contributed by atoms with van der Waals surface area (Å²) in [5, 5.41) is 12.8. The summed E-state index contributed by atoms with van der Waals surface area (Å²) in [7, 11) is 0. The fourth-order valence-electron chi connectivity index (χ4n) is 2.21. The Bertz CT molecular complexity index is 386. The second-order valence-electron chi connectivity index (χ2n) is 4.44. The highest BCUT2D eigenvalue weighted by Crippen LogP contribution is 2.23. The van der Waals surface area contributed by atoms with Crippen molar-refractivity contribution in [3.63, 3.8) is 0 Å². The lowest BCUT2D eigenvalue weighted by Crippen LogP contribution is -2.37. The molecule has 17 heavy (non-hydrogen) atoms. The van der Waals surface area contributed by atoms with Gasteiger partial charge >= 0.3 is 0 Å². The number of aryl methyl sites for hydroxylation is 1. The summed E-state index contributed by atoms with van der Waals surface area (Å²) in [5.74, 6) is -0.185. The van der Waals surface area contributed by atoms with Gasteiger partial charge < -0.3 is 10.4 Å². The number of hydrogen-bond donors (Lipinski definition) is 2. The predicted octanol–water partition coefficient (Wildman–Crippen LogP) is 1.89. The molecule has 2 N–H and O–H groups in total. The molecule has 0 aromatic carbocycles. The van der Waals surface area contributed by atoms with Crippen LogP contribution in [0, 0.1) is 5.82 Å². The molecule has 2 rings (SSSR count). The SMILES string of the molecule is CCc1ncnc(N[C@H]2CCCC[C@@H]2O)c1F. The average molecular weight is 239 g/mol. The number of aliphatic hydroxyl groups is 1. The summed E-state index contributed by atoms with van der Waals surface area (Å²) in [4.78, 5) is 7.79. The normalized spacial score (nSPS) is 24.6. The molecule has 0 bridgehead atoms. The van der Waals surface area contributed by atoms with Crippen LogP contribution >= 0.6 is 0 Å². The van der Waals surface area contributed by atoms with Gasteiger partial charge in [-0.1, -0.05) is 19.8 Å². The molecule has 1 aromatic rings. The summed E-state index contributed by atoms with van der Waals surface area (Å²) in [6.45, 7) is 1.85. The van der Waals surface area contributed by atoms with Crippen molar-refractivity contribution in [2.75, 3.05) is 5.32 Å². The number of hydrogen-bond acceptors (Lipinski definition) is 4. The van der Waals surface area contributed by atoms with Crippen molar-refractivity contribution in [3.8, 4) is 0 Å². The van der Waals surface area contributed by atoms with Crippen molar-refractivity contribution in [3.05, 3.63) is 17.8 Å². The Hall–Kier alpha value is -1.23. The van der Waals surface area contributed by atoms with E-state index in [1.54, 1.807) is 0 Å². The third-order valence-electron chi connectivity index (χ3n) is 3.25. The van der Waals surface area contributed by atoms with E-state index in [2.05, 4.69) is 15.3 Å². The molecule has 0 amide bonds. The molecule has 0 aliphatic heterocycles. The van der Waals surface area contributed by atoms with E-state index in [-0.39, 0.29) is 11.9 Å². The Morgan fingerprint density at radius 1 is 1.41 bits per heavy atom. The molecule has 2 atom stereocenters. The molecule has 0 unspecified atom stereocenters. The van der Waals surface area contributed by atoms with Crippen molar-refractivity contribution in [2.24, 2.45) is 0 Å². The Labute approximate surface area is 100 Å². The van der Waals surface area contributed by atoms with E-state index in [9.17, 15) is 9.50 Å². The van der Waals surface area contributed by atoms with E-state index in [1.807, 2.05) is 6.92 Å². The van der Waals surface area contributed by atoms with Crippen LogP contribution < -0.4 is 5.32 Å². The van der Waals surface area contributed by atoms with Crippen molar-refractivity contribution < 1.29 is 9.50 Å². The van der Waals surface area contributed by atoms with Crippen LogP contribution in [0.25, 0.3) is 0 Å². The molecule has 1 fully saturated rings. The van der Waals surface area contributed by atoms with Crippen LogP contribution in [-0.2, 0) is 6.42 Å². The fraction of sp³-hybridized carbons (Fsp3) is 0.667. The Morgan fingerprint density at radius 3 is 2.88 bits per heavy atom. The van der Waals surface area contributed by atoms with Gasteiger partial charge in [-0.05, 0) is 19.3 Å². The Morgan fingerprint density at radius 2 is 2.18 bits per heavy atom. The maximum absolute atomic E-state index is 13.9. The number of anilines is 1. The highest BCUT2D eigenvalue weighted by atomic mass is 19.1. The Balaban J connectivity index is 2.12. The molecule has 0 radical (unpaired) electrons. The van der Waals surface area contributed by atoms with Gasteiger partial charge in [0.2, 0.25) is 0 Å². The van der Waals surface area contributed by atoms with Crippen LogP contribution in [0.4, 0.5) is 10.2 Å². The molecule has 4 nitrogen and oxygen atoms in total. The van der Waals surface area contributed by atoms with Gasteiger partial charge in [-0.15, -0.1) is 0 Å². The van der Waals surface area contributed by atoms with Gasteiger partial charge in [0.05, 0.1) is 17.8 Å². The number of halogens is 1. The van der Waals surface area contributed by atoms with Crippen molar-refractivity contribution >= 4 is 5.82 Å². The lowest BCUT2D eigenvalue weighted by atomic mass is 9.92. The first-order valence-corrected chi connectivity index (χ1v) is 6.16. The molecule has 0 saturated heterocycles. The summed E-state index contributed by atoms with van der Waals surface area (Å²) >= 11 is 0. The van der Waals surface area contributed by atoms with Crippen LogP contribution in [0.5, 0.6) is 0 Å². The molecular weight excluding hydrogens is 221 g/mol. The average Bonchev–Trinajstić information content (AvgIpc) is 2.34. The number of aliphatic hydroxyl groups excluding tert-OH is 1. The van der Waals surface area contributed by atoms with Crippen LogP contribution in [0.2, 0.25) is 0 Å². The molecular formula is C12H18FN3O. The molecule has 94 valence electrons. The molecule has 1 aromatic heterocycles. The third kappa shape index (κ3) is 2.72. The van der Waals surface area contributed by atoms with Gasteiger partial charge in [0.25, 0.3) is 0 Å². The zero-order valence-electron chi connectivity index (χ0n) is 9.99. The predicted molar refractivity (Wildman–Crippen MR) is 63.3 cm³/mol. The minimum Gasteiger partial charge on any atom is -0.391 e. The van der Waals surface area contributed by atoms with E-state index in [0.717, 1.165) is 25.7 Å². The zero-order valence-corrected chi connectivity index (χ0v) is 9.99. The molecule has 1 aliphatic rings. The number of aromatic nitrogens is 2. The standard InChI is InChI=1S/C12H18FN3O/c1-2-8-11(13)12(15-7-14-8)16-9-5-3-4-6-10(9)17/h7,9-10,17H,2-6H2,1H3,(H,14,15,16)/t9-,10-/m0/s1. The first kappa shape index (κ1) is 12.2. The highest BCUT2D eigenvalue weighted by molar-refractivity contribution is 5.38. The molecule has 5 heteroatoms. The first-order valence-electron chi connectivity index (χ1n) is 6.16. The van der Waals surface area contributed by atoms with E-state index in [0.29, 0.717) is 12.1 Å². The number of nitrogens with one attached hydrogen (secondary N) is 1. The lowest BCUT2D eigenvalue weighted by Gasteiger charge is -2.28. The minimum atomic E-state index is -0.414. The van der Waals surface area contributed by atoms with Gasteiger partial charge in [0.15, 0.2) is 11.6 Å². The summed E-state index contributed by atoms with van der Waals surface area (Å²) in [6, 6.07) is -0.0992. The van der Waals surface area contributed by atoms with Crippen LogP contribution in [0.1, 0.15) is 38.3 Å². The highest BCUT2D eigenvalue weighted by Gasteiger charge is 2.24. The topological polar surface area (TPSA) is 58.0 Å². The van der Waals surface area contributed by atoms with E-state index < -0.39 is 11.9 Å². The van der Waals surface area contributed by atoms with Crippen LogP contribution in [0.15, 0.2) is 6.33 Å². The van der Waals surface area contributed by atoms with Gasteiger partial charge in [-0.3, -0.25) is 0 Å². The van der Waals surface area contributed by atoms with E-state index >= 15 is 0 Å². The summed E-state index contributed by atoms with van der Waals surface area (Å²) in [5.41, 5.74) is 0.410. The summed E-state index contributed by atoms with van der Waals surface area (Å²) in [6.07, 6.45) is 5.20. The smallest absolute Gasteiger partial charge is 0.186 e. The number of rotatable bonds is 3. The molecule has 1 saturated carbocycles. The quantitative estimate of drug-likeness (QED) is 0.845. The van der Waals surface area contributed by atoms with Crippen LogP contribution in [0.3, 0.4) is 0 Å². The first-order chi connectivity index (χ1) is 8.22. The maximum Gasteiger partial charge on any atom is 0.186 e. The number of nitrogens with zero attached hydrogens (tertiary/aromatic N) is 2. The molecule has 1 heterocycles. The van der Waals surface area contributed by atoms with Gasteiger partial charge in [-0.2, -0.15) is 0 Å². The zero-order chi connectivity index (χ0) is 12.3. The van der Waals surface area contributed by atoms with Gasteiger partial charge in [-0.25, -0.2) is 14.4 Å². The Kier molecular flexibility index (Phi) is 3.89. The van der Waals surface area contributed by atoms with Crippen molar-refractivity contribution in [1.29, 1.82) is 0 Å². The fourth-order valence-corrected chi connectivity index (χ4v) is 2.21. The monoisotopic (exact) mass is 239 g/mol. The second-order valence-corrected chi connectivity index (χ2v) is 4.44. The minimum absolute atomic E-state index is 0.0992. The maximum atomic E-state index is 13.9. The lowest BCUT2D eigenvalue weighted by molar-refractivity contribution is 0.116. The molecule has 1 aliphatic carbocycles.